The van der Waals surface area contributed by atoms with Gasteiger partial charge in [-0.25, -0.2) is 0 Å². The number of nitrogens with zero attached hydrogens (tertiary/aromatic N) is 1. The lowest BCUT2D eigenvalue weighted by atomic mass is 10.0. The van der Waals surface area contributed by atoms with Crippen molar-refractivity contribution in [2.45, 2.75) is 26.3 Å². The maximum Gasteiger partial charge on any atom is 0.244 e. The molecule has 18 heavy (non-hydrogen) atoms. The zero-order valence-corrected chi connectivity index (χ0v) is 10.9. The Morgan fingerprint density at radius 2 is 2.06 bits per heavy atom. The Hall–Kier alpha value is -1.39. The summed E-state index contributed by atoms with van der Waals surface area (Å²) in [6, 6.07) is 5.80. The molecular formula is C14H20N2O2. The van der Waals surface area contributed by atoms with Crippen LogP contribution in [0.5, 0.6) is 0 Å². The van der Waals surface area contributed by atoms with Gasteiger partial charge in [0.25, 0.3) is 0 Å². The van der Waals surface area contributed by atoms with Gasteiger partial charge in [-0.3, -0.25) is 4.79 Å². The van der Waals surface area contributed by atoms with E-state index in [0.717, 1.165) is 23.4 Å². The molecule has 0 spiro atoms. The average Bonchev–Trinajstić information content (AvgIpc) is 2.33. The number of anilines is 1. The van der Waals surface area contributed by atoms with Crippen molar-refractivity contribution in [3.63, 3.8) is 0 Å². The van der Waals surface area contributed by atoms with Crippen LogP contribution in [0.3, 0.4) is 0 Å². The highest BCUT2D eigenvalue weighted by atomic mass is 16.3. The lowest BCUT2D eigenvalue weighted by Gasteiger charge is -2.34. The Balaban J connectivity index is 2.29. The summed E-state index contributed by atoms with van der Waals surface area (Å²) in [5.74, 6) is 0.0627. The number of piperazine rings is 1. The highest BCUT2D eigenvalue weighted by Gasteiger charge is 2.30. The number of benzene rings is 1. The van der Waals surface area contributed by atoms with Crippen molar-refractivity contribution in [3.8, 4) is 0 Å². The highest BCUT2D eigenvalue weighted by Crippen LogP contribution is 2.26. The van der Waals surface area contributed by atoms with Crippen molar-refractivity contribution in [1.82, 2.24) is 5.32 Å². The minimum atomic E-state index is -0.261. The third-order valence-electron chi connectivity index (χ3n) is 3.42. The molecule has 0 aliphatic carbocycles. The van der Waals surface area contributed by atoms with Crippen LogP contribution in [0.25, 0.3) is 0 Å². The molecule has 1 aliphatic heterocycles. The van der Waals surface area contributed by atoms with E-state index in [9.17, 15) is 4.79 Å². The third kappa shape index (κ3) is 2.40. The van der Waals surface area contributed by atoms with E-state index in [1.165, 1.54) is 0 Å². The maximum absolute atomic E-state index is 12.4. The van der Waals surface area contributed by atoms with Gasteiger partial charge in [0.15, 0.2) is 0 Å². The van der Waals surface area contributed by atoms with E-state index in [4.69, 9.17) is 5.11 Å². The molecular weight excluding hydrogens is 228 g/mol. The molecule has 1 aliphatic rings. The first-order valence-electron chi connectivity index (χ1n) is 6.37. The van der Waals surface area contributed by atoms with E-state index in [-0.39, 0.29) is 18.6 Å². The number of aliphatic hydroxyl groups is 1. The number of amides is 1. The van der Waals surface area contributed by atoms with Crippen LogP contribution < -0.4 is 10.2 Å². The molecule has 1 fully saturated rings. The Labute approximate surface area is 108 Å². The summed E-state index contributed by atoms with van der Waals surface area (Å²) in [5, 5.41) is 12.1. The standard InChI is InChI=1S/C14H20N2O2/c1-10-4-3-5-11(2)13(10)16-8-7-15-12(6-9-17)14(16)18/h3-5,12,15,17H,6-9H2,1-2H3. The van der Waals surface area contributed by atoms with E-state index in [0.29, 0.717) is 13.0 Å². The van der Waals surface area contributed by atoms with Crippen LogP contribution in [0.2, 0.25) is 0 Å². The number of carbonyl (C=O) groups excluding carboxylic acids is 1. The zero-order valence-electron chi connectivity index (χ0n) is 10.9. The summed E-state index contributed by atoms with van der Waals surface area (Å²) < 4.78 is 0. The summed E-state index contributed by atoms with van der Waals surface area (Å²) >= 11 is 0. The van der Waals surface area contributed by atoms with Gasteiger partial charge in [0.1, 0.15) is 0 Å². The summed E-state index contributed by atoms with van der Waals surface area (Å²) in [4.78, 5) is 14.2. The van der Waals surface area contributed by atoms with Crippen LogP contribution in [0.4, 0.5) is 5.69 Å². The number of aryl methyl sites for hydroxylation is 2. The Bertz CT molecular complexity index is 423. The number of carbonyl (C=O) groups is 1. The van der Waals surface area contributed by atoms with Crippen molar-refractivity contribution in [1.29, 1.82) is 0 Å². The molecule has 1 aromatic carbocycles. The summed E-state index contributed by atoms with van der Waals surface area (Å²) in [7, 11) is 0. The van der Waals surface area contributed by atoms with Crippen LogP contribution in [0, 0.1) is 13.8 Å². The van der Waals surface area contributed by atoms with Gasteiger partial charge in [-0.2, -0.15) is 0 Å². The average molecular weight is 248 g/mol. The lowest BCUT2D eigenvalue weighted by Crippen LogP contribution is -2.55. The van der Waals surface area contributed by atoms with Crippen LogP contribution in [-0.4, -0.2) is 36.8 Å². The van der Waals surface area contributed by atoms with Gasteiger partial charge in [0.05, 0.1) is 6.04 Å². The smallest absolute Gasteiger partial charge is 0.244 e. The van der Waals surface area contributed by atoms with Crippen LogP contribution in [0.15, 0.2) is 18.2 Å². The third-order valence-corrected chi connectivity index (χ3v) is 3.42. The first kappa shape index (κ1) is 13.1. The van der Waals surface area contributed by atoms with E-state index in [1.807, 2.05) is 36.9 Å². The zero-order chi connectivity index (χ0) is 13.1. The Morgan fingerprint density at radius 3 is 2.67 bits per heavy atom. The fourth-order valence-electron chi connectivity index (χ4n) is 2.54. The monoisotopic (exact) mass is 248 g/mol. The molecule has 98 valence electrons. The van der Waals surface area contributed by atoms with Gasteiger partial charge >= 0.3 is 0 Å². The molecule has 1 unspecified atom stereocenters. The molecule has 0 aromatic heterocycles. The van der Waals surface area contributed by atoms with Crippen molar-refractivity contribution in [2.24, 2.45) is 0 Å². The Morgan fingerprint density at radius 1 is 1.39 bits per heavy atom. The predicted molar refractivity (Wildman–Crippen MR) is 71.8 cm³/mol. The van der Waals surface area contributed by atoms with E-state index < -0.39 is 0 Å². The molecule has 1 atom stereocenters. The van der Waals surface area contributed by atoms with Crippen molar-refractivity contribution >= 4 is 11.6 Å². The molecule has 1 aromatic rings. The SMILES string of the molecule is Cc1cccc(C)c1N1CCNC(CCO)C1=O. The molecule has 0 bridgehead atoms. The second-order valence-corrected chi connectivity index (χ2v) is 4.75. The van der Waals surface area contributed by atoms with Gasteiger partial charge in [0, 0.05) is 25.4 Å². The van der Waals surface area contributed by atoms with E-state index >= 15 is 0 Å². The minimum Gasteiger partial charge on any atom is -0.396 e. The molecule has 1 amide bonds. The fourth-order valence-corrected chi connectivity index (χ4v) is 2.54. The molecule has 4 heteroatoms. The van der Waals surface area contributed by atoms with Gasteiger partial charge in [0.2, 0.25) is 5.91 Å². The van der Waals surface area contributed by atoms with Crippen molar-refractivity contribution in [3.05, 3.63) is 29.3 Å². The van der Waals surface area contributed by atoms with Gasteiger partial charge < -0.3 is 15.3 Å². The van der Waals surface area contributed by atoms with Crippen LogP contribution in [-0.2, 0) is 4.79 Å². The second-order valence-electron chi connectivity index (χ2n) is 4.75. The van der Waals surface area contributed by atoms with Gasteiger partial charge in [-0.1, -0.05) is 18.2 Å². The number of hydrogen-bond donors (Lipinski definition) is 2. The number of nitrogens with one attached hydrogen (secondary N) is 1. The first-order valence-corrected chi connectivity index (χ1v) is 6.37. The second kappa shape index (κ2) is 5.50. The summed E-state index contributed by atoms with van der Waals surface area (Å²) in [6.45, 7) is 5.54. The first-order chi connectivity index (χ1) is 8.65. The molecule has 2 N–H and O–H groups in total. The summed E-state index contributed by atoms with van der Waals surface area (Å²) in [6.07, 6.45) is 0.472. The van der Waals surface area contributed by atoms with Gasteiger partial charge in [-0.15, -0.1) is 0 Å². The van der Waals surface area contributed by atoms with E-state index in [2.05, 4.69) is 5.32 Å². The molecule has 1 heterocycles. The van der Waals surface area contributed by atoms with Gasteiger partial charge in [-0.05, 0) is 31.4 Å². The molecule has 0 radical (unpaired) electrons. The largest absolute Gasteiger partial charge is 0.396 e. The molecule has 2 rings (SSSR count). The van der Waals surface area contributed by atoms with E-state index in [1.54, 1.807) is 0 Å². The molecule has 1 saturated heterocycles. The minimum absolute atomic E-state index is 0.0317. The van der Waals surface area contributed by atoms with Crippen molar-refractivity contribution in [2.75, 3.05) is 24.6 Å². The molecule has 0 saturated carbocycles. The maximum atomic E-state index is 12.4. The molecule has 4 nitrogen and oxygen atoms in total. The number of para-hydroxylation sites is 1. The highest BCUT2D eigenvalue weighted by molar-refractivity contribution is 5.99. The number of hydrogen-bond acceptors (Lipinski definition) is 3. The number of aliphatic hydroxyl groups excluding tert-OH is 1. The predicted octanol–water partition coefficient (Wildman–Crippen LogP) is 0.991. The van der Waals surface area contributed by atoms with Crippen molar-refractivity contribution < 1.29 is 9.90 Å². The summed E-state index contributed by atoms with van der Waals surface area (Å²) in [5.41, 5.74) is 3.26. The fraction of sp³-hybridized carbons (Fsp3) is 0.500. The van der Waals surface area contributed by atoms with Crippen LogP contribution in [0.1, 0.15) is 17.5 Å². The lowest BCUT2D eigenvalue weighted by molar-refractivity contribution is -0.122. The number of rotatable bonds is 3. The Kier molecular flexibility index (Phi) is 3.99. The topological polar surface area (TPSA) is 52.6 Å². The normalized spacial score (nSPS) is 20.3. The van der Waals surface area contributed by atoms with Crippen LogP contribution >= 0.6 is 0 Å². The quantitative estimate of drug-likeness (QED) is 0.838.